The van der Waals surface area contributed by atoms with Crippen molar-refractivity contribution in [3.63, 3.8) is 0 Å². The molecular weight excluding hydrogens is 258 g/mol. The fraction of sp³-hybridized carbons (Fsp3) is 0.294. The molecule has 2 aromatic carbocycles. The molecule has 0 radical (unpaired) electrons. The fourth-order valence-electron chi connectivity index (χ4n) is 2.42. The van der Waals surface area contributed by atoms with Crippen LogP contribution in [0.15, 0.2) is 36.4 Å². The van der Waals surface area contributed by atoms with Gasteiger partial charge in [0.25, 0.3) is 0 Å². The molecule has 1 nitrogen and oxygen atoms in total. The van der Waals surface area contributed by atoms with E-state index in [-0.39, 0.29) is 6.42 Å². The summed E-state index contributed by atoms with van der Waals surface area (Å²) in [5, 5.41) is 10.6. The molecule has 0 amide bonds. The minimum Gasteiger partial charge on any atom is -0.385 e. The van der Waals surface area contributed by atoms with Gasteiger partial charge in [0.15, 0.2) is 0 Å². The molecule has 2 rings (SSSR count). The summed E-state index contributed by atoms with van der Waals surface area (Å²) in [5.74, 6) is -1.24. The van der Waals surface area contributed by atoms with Gasteiger partial charge in [-0.2, -0.15) is 0 Å². The van der Waals surface area contributed by atoms with E-state index in [9.17, 15) is 13.9 Å². The van der Waals surface area contributed by atoms with Crippen LogP contribution in [-0.2, 0) is 12.0 Å². The third-order valence-electron chi connectivity index (χ3n) is 3.39. The molecular formula is C17H18F2O. The van der Waals surface area contributed by atoms with Crippen LogP contribution >= 0.6 is 0 Å². The van der Waals surface area contributed by atoms with Crippen molar-refractivity contribution in [2.24, 2.45) is 0 Å². The summed E-state index contributed by atoms with van der Waals surface area (Å²) < 4.78 is 26.6. The van der Waals surface area contributed by atoms with Crippen LogP contribution in [0.5, 0.6) is 0 Å². The molecule has 20 heavy (non-hydrogen) atoms. The third kappa shape index (κ3) is 3.23. The predicted octanol–water partition coefficient (Wildman–Crippen LogP) is 4.03. The second-order valence-electron chi connectivity index (χ2n) is 5.56. The van der Waals surface area contributed by atoms with Crippen molar-refractivity contribution in [2.75, 3.05) is 0 Å². The zero-order valence-corrected chi connectivity index (χ0v) is 11.9. The van der Waals surface area contributed by atoms with Crippen molar-refractivity contribution < 1.29 is 13.9 Å². The normalized spacial score (nSPS) is 14.1. The highest BCUT2D eigenvalue weighted by Gasteiger charge is 2.25. The summed E-state index contributed by atoms with van der Waals surface area (Å²) in [6.45, 7) is 5.54. The van der Waals surface area contributed by atoms with Crippen molar-refractivity contribution in [1.82, 2.24) is 0 Å². The van der Waals surface area contributed by atoms with Gasteiger partial charge >= 0.3 is 0 Å². The van der Waals surface area contributed by atoms with Gasteiger partial charge in [0.1, 0.15) is 11.6 Å². The lowest BCUT2D eigenvalue weighted by Gasteiger charge is -2.25. The van der Waals surface area contributed by atoms with Crippen LogP contribution in [0.25, 0.3) is 0 Å². The molecule has 0 saturated heterocycles. The second kappa shape index (κ2) is 5.33. The molecule has 1 N–H and O–H groups in total. The lowest BCUT2D eigenvalue weighted by molar-refractivity contribution is 0.0565. The van der Waals surface area contributed by atoms with Crippen LogP contribution in [0.2, 0.25) is 0 Å². The summed E-state index contributed by atoms with van der Waals surface area (Å²) >= 11 is 0. The molecule has 3 heteroatoms. The number of halogens is 2. The number of rotatable bonds is 3. The first kappa shape index (κ1) is 14.7. The Hall–Kier alpha value is -1.74. The standard InChI is InChI=1S/C17H18F2O/c1-11-6-12(2)8-14(7-11)17(3,20)10-13-4-5-15(18)9-16(13)19/h4-9,20H,10H2,1-3H3. The highest BCUT2D eigenvalue weighted by atomic mass is 19.1. The van der Waals surface area contributed by atoms with Gasteiger partial charge in [-0.25, -0.2) is 8.78 Å². The highest BCUT2D eigenvalue weighted by molar-refractivity contribution is 5.34. The minimum atomic E-state index is -1.20. The molecule has 0 aliphatic rings. The Morgan fingerprint density at radius 2 is 1.60 bits per heavy atom. The van der Waals surface area contributed by atoms with E-state index in [1.54, 1.807) is 6.92 Å². The van der Waals surface area contributed by atoms with Crippen LogP contribution in [0.4, 0.5) is 8.78 Å². The van der Waals surface area contributed by atoms with E-state index in [0.29, 0.717) is 5.56 Å². The van der Waals surface area contributed by atoms with Crippen molar-refractivity contribution in [1.29, 1.82) is 0 Å². The van der Waals surface area contributed by atoms with Crippen molar-refractivity contribution in [3.05, 3.63) is 70.3 Å². The Morgan fingerprint density at radius 3 is 2.15 bits per heavy atom. The van der Waals surface area contributed by atoms with Gasteiger partial charge in [-0.1, -0.05) is 35.4 Å². The van der Waals surface area contributed by atoms with Gasteiger partial charge in [-0.15, -0.1) is 0 Å². The van der Waals surface area contributed by atoms with Crippen LogP contribution in [0.1, 0.15) is 29.2 Å². The first-order valence-corrected chi connectivity index (χ1v) is 6.53. The molecule has 2 aromatic rings. The number of aliphatic hydroxyl groups is 1. The molecule has 0 fully saturated rings. The minimum absolute atomic E-state index is 0.0992. The van der Waals surface area contributed by atoms with Crippen LogP contribution in [0.3, 0.4) is 0 Å². The van der Waals surface area contributed by atoms with Gasteiger partial charge in [-0.3, -0.25) is 0 Å². The molecule has 0 aromatic heterocycles. The quantitative estimate of drug-likeness (QED) is 0.897. The highest BCUT2D eigenvalue weighted by Crippen LogP contribution is 2.28. The summed E-state index contributed by atoms with van der Waals surface area (Å²) in [6.07, 6.45) is 0.0992. The molecule has 0 bridgehead atoms. The van der Waals surface area contributed by atoms with E-state index < -0.39 is 17.2 Å². The van der Waals surface area contributed by atoms with E-state index >= 15 is 0 Å². The lowest BCUT2D eigenvalue weighted by Crippen LogP contribution is -2.25. The van der Waals surface area contributed by atoms with E-state index in [4.69, 9.17) is 0 Å². The summed E-state index contributed by atoms with van der Waals surface area (Å²) in [6, 6.07) is 9.20. The van der Waals surface area contributed by atoms with E-state index in [1.165, 1.54) is 12.1 Å². The number of aryl methyl sites for hydroxylation is 2. The largest absolute Gasteiger partial charge is 0.385 e. The lowest BCUT2D eigenvalue weighted by atomic mass is 9.87. The van der Waals surface area contributed by atoms with E-state index in [2.05, 4.69) is 0 Å². The monoisotopic (exact) mass is 276 g/mol. The van der Waals surface area contributed by atoms with Gasteiger partial charge in [0.2, 0.25) is 0 Å². The summed E-state index contributed by atoms with van der Waals surface area (Å²) in [4.78, 5) is 0. The van der Waals surface area contributed by atoms with Crippen LogP contribution in [-0.4, -0.2) is 5.11 Å². The predicted molar refractivity (Wildman–Crippen MR) is 75.5 cm³/mol. The number of hydrogen-bond donors (Lipinski definition) is 1. The second-order valence-corrected chi connectivity index (χ2v) is 5.56. The Bertz CT molecular complexity index is 613. The molecule has 106 valence electrons. The first-order valence-electron chi connectivity index (χ1n) is 6.53. The maximum Gasteiger partial charge on any atom is 0.129 e. The van der Waals surface area contributed by atoms with Gasteiger partial charge in [0.05, 0.1) is 5.60 Å². The molecule has 0 aliphatic carbocycles. The maximum absolute atomic E-state index is 13.7. The third-order valence-corrected chi connectivity index (χ3v) is 3.39. The van der Waals surface area contributed by atoms with Crippen LogP contribution in [0, 0.1) is 25.5 Å². The van der Waals surface area contributed by atoms with Crippen molar-refractivity contribution in [3.8, 4) is 0 Å². The van der Waals surface area contributed by atoms with E-state index in [1.807, 2.05) is 32.0 Å². The Kier molecular flexibility index (Phi) is 3.91. The van der Waals surface area contributed by atoms with E-state index in [0.717, 1.165) is 22.8 Å². The summed E-state index contributed by atoms with van der Waals surface area (Å²) in [5.41, 5.74) is 1.92. The topological polar surface area (TPSA) is 20.2 Å². The van der Waals surface area contributed by atoms with Crippen molar-refractivity contribution >= 4 is 0 Å². The first-order chi connectivity index (χ1) is 9.28. The average Bonchev–Trinajstić information content (AvgIpc) is 2.31. The molecule has 0 spiro atoms. The molecule has 1 unspecified atom stereocenters. The van der Waals surface area contributed by atoms with Gasteiger partial charge < -0.3 is 5.11 Å². The average molecular weight is 276 g/mol. The SMILES string of the molecule is Cc1cc(C)cc(C(C)(O)Cc2ccc(F)cc2F)c1. The zero-order chi connectivity index (χ0) is 14.9. The number of hydrogen-bond acceptors (Lipinski definition) is 1. The summed E-state index contributed by atoms with van der Waals surface area (Å²) in [7, 11) is 0. The fourth-order valence-corrected chi connectivity index (χ4v) is 2.42. The van der Waals surface area contributed by atoms with Crippen molar-refractivity contribution in [2.45, 2.75) is 32.8 Å². The van der Waals surface area contributed by atoms with Crippen LogP contribution < -0.4 is 0 Å². The zero-order valence-electron chi connectivity index (χ0n) is 11.9. The molecule has 0 aliphatic heterocycles. The molecule has 1 atom stereocenters. The Balaban J connectivity index is 2.34. The van der Waals surface area contributed by atoms with Gasteiger partial charge in [0, 0.05) is 12.5 Å². The smallest absolute Gasteiger partial charge is 0.129 e. The van der Waals surface area contributed by atoms with Gasteiger partial charge in [-0.05, 0) is 38.0 Å². The molecule has 0 heterocycles. The Labute approximate surface area is 117 Å². The maximum atomic E-state index is 13.7. The Morgan fingerprint density at radius 1 is 1.00 bits per heavy atom. The molecule has 0 saturated carbocycles. The number of benzene rings is 2.